The molecular weight excluding hydrogens is 198 g/mol. The van der Waals surface area contributed by atoms with Crippen molar-refractivity contribution in [3.05, 3.63) is 41.5 Å². The smallest absolute Gasteiger partial charge is 0.166 e. The number of Topliss-reactive ketones (excluding diaryl/α,β-unsaturated/α-hetero) is 1. The summed E-state index contributed by atoms with van der Waals surface area (Å²) in [6, 6.07) is 7.88. The van der Waals surface area contributed by atoms with E-state index in [-0.39, 0.29) is 5.78 Å². The van der Waals surface area contributed by atoms with E-state index in [9.17, 15) is 4.79 Å². The number of fused-ring (bicyclic) bond motifs is 1. The van der Waals surface area contributed by atoms with Gasteiger partial charge in [-0.1, -0.05) is 23.8 Å². The van der Waals surface area contributed by atoms with E-state index in [0.717, 1.165) is 24.3 Å². The highest BCUT2D eigenvalue weighted by molar-refractivity contribution is 6.03. The Morgan fingerprint density at radius 1 is 1.38 bits per heavy atom. The molecule has 1 heterocycles. The molecule has 2 nitrogen and oxygen atoms in total. The monoisotopic (exact) mass is 215 g/mol. The number of carbonyl (C=O) groups excluding carboxylic acids is 1. The molecule has 0 aromatic heterocycles. The molecule has 0 aliphatic carbocycles. The molecule has 84 valence electrons. The molecule has 0 atom stereocenters. The summed E-state index contributed by atoms with van der Waals surface area (Å²) in [5.74, 6) is 0.268. The number of carbonyl (C=O) groups is 1. The molecule has 0 fully saturated rings. The average molecular weight is 215 g/mol. The van der Waals surface area contributed by atoms with Crippen LogP contribution < -0.4 is 4.90 Å². The Morgan fingerprint density at radius 3 is 2.88 bits per heavy atom. The topological polar surface area (TPSA) is 20.3 Å². The SMILES string of the molecule is CC(C)=CCN1CCC(=O)c2ccccc21. The Morgan fingerprint density at radius 2 is 2.12 bits per heavy atom. The summed E-state index contributed by atoms with van der Waals surface area (Å²) in [4.78, 5) is 14.0. The first kappa shape index (κ1) is 10.9. The number of anilines is 1. The molecule has 16 heavy (non-hydrogen) atoms. The number of allylic oxidation sites excluding steroid dienone is 1. The molecule has 0 N–H and O–H groups in total. The molecule has 1 aliphatic rings. The van der Waals surface area contributed by atoms with Crippen LogP contribution in [0.3, 0.4) is 0 Å². The molecule has 2 heteroatoms. The van der Waals surface area contributed by atoms with Gasteiger partial charge in [-0.25, -0.2) is 0 Å². The molecule has 0 saturated carbocycles. The number of para-hydroxylation sites is 1. The van der Waals surface area contributed by atoms with Crippen LogP contribution in [0.15, 0.2) is 35.9 Å². The predicted octanol–water partition coefficient (Wildman–Crippen LogP) is 3.05. The van der Waals surface area contributed by atoms with Crippen molar-refractivity contribution in [1.29, 1.82) is 0 Å². The van der Waals surface area contributed by atoms with E-state index in [1.54, 1.807) is 0 Å². The maximum Gasteiger partial charge on any atom is 0.166 e. The Bertz CT molecular complexity index is 430. The first-order chi connectivity index (χ1) is 7.68. The van der Waals surface area contributed by atoms with Gasteiger partial charge in [0.25, 0.3) is 0 Å². The quantitative estimate of drug-likeness (QED) is 0.707. The maximum absolute atomic E-state index is 11.7. The van der Waals surface area contributed by atoms with Crippen LogP contribution in [0.25, 0.3) is 0 Å². The largest absolute Gasteiger partial charge is 0.367 e. The standard InChI is InChI=1S/C14H17NO/c1-11(2)7-9-15-10-8-14(16)12-5-3-4-6-13(12)15/h3-7H,8-10H2,1-2H3. The van der Waals surface area contributed by atoms with Gasteiger partial charge in [0.05, 0.1) is 0 Å². The molecule has 0 bridgehead atoms. The fraction of sp³-hybridized carbons (Fsp3) is 0.357. The minimum Gasteiger partial charge on any atom is -0.367 e. The van der Waals surface area contributed by atoms with Crippen LogP contribution in [0.1, 0.15) is 30.6 Å². The Balaban J connectivity index is 2.28. The number of nitrogens with zero attached hydrogens (tertiary/aromatic N) is 1. The molecule has 1 aromatic carbocycles. The number of rotatable bonds is 2. The van der Waals surface area contributed by atoms with Crippen LogP contribution in [-0.4, -0.2) is 18.9 Å². The van der Waals surface area contributed by atoms with Crippen molar-refractivity contribution in [2.75, 3.05) is 18.0 Å². The predicted molar refractivity (Wildman–Crippen MR) is 67.0 cm³/mol. The normalized spacial score (nSPS) is 14.6. The van der Waals surface area contributed by atoms with Crippen molar-refractivity contribution in [2.24, 2.45) is 0 Å². The van der Waals surface area contributed by atoms with E-state index in [1.165, 1.54) is 5.57 Å². The second-order valence-electron chi connectivity index (χ2n) is 4.42. The average Bonchev–Trinajstić information content (AvgIpc) is 2.28. The van der Waals surface area contributed by atoms with Crippen LogP contribution >= 0.6 is 0 Å². The summed E-state index contributed by atoms with van der Waals surface area (Å²) in [5.41, 5.74) is 3.27. The molecule has 0 spiro atoms. The highest BCUT2D eigenvalue weighted by atomic mass is 16.1. The zero-order chi connectivity index (χ0) is 11.5. The van der Waals surface area contributed by atoms with Crippen LogP contribution in [0.5, 0.6) is 0 Å². The van der Waals surface area contributed by atoms with Gasteiger partial charge in [0.15, 0.2) is 5.78 Å². The number of ketones is 1. The van der Waals surface area contributed by atoms with Gasteiger partial charge in [-0.3, -0.25) is 4.79 Å². The fourth-order valence-electron chi connectivity index (χ4n) is 1.96. The second-order valence-corrected chi connectivity index (χ2v) is 4.42. The highest BCUT2D eigenvalue weighted by Crippen LogP contribution is 2.26. The lowest BCUT2D eigenvalue weighted by atomic mass is 10.0. The van der Waals surface area contributed by atoms with E-state index in [1.807, 2.05) is 24.3 Å². The summed E-state index contributed by atoms with van der Waals surface area (Å²) in [5, 5.41) is 0. The summed E-state index contributed by atoms with van der Waals surface area (Å²) in [7, 11) is 0. The zero-order valence-corrected chi connectivity index (χ0v) is 9.86. The maximum atomic E-state index is 11.7. The second kappa shape index (κ2) is 4.52. The van der Waals surface area contributed by atoms with Gasteiger partial charge in [0, 0.05) is 30.8 Å². The van der Waals surface area contributed by atoms with Gasteiger partial charge < -0.3 is 4.90 Å². The molecule has 0 unspecified atom stereocenters. The van der Waals surface area contributed by atoms with Crippen molar-refractivity contribution in [3.8, 4) is 0 Å². The molecular formula is C14H17NO. The third kappa shape index (κ3) is 2.16. The van der Waals surface area contributed by atoms with Crippen LogP contribution in [-0.2, 0) is 0 Å². The fourth-order valence-corrected chi connectivity index (χ4v) is 1.96. The lowest BCUT2D eigenvalue weighted by Gasteiger charge is -2.29. The van der Waals surface area contributed by atoms with Crippen molar-refractivity contribution < 1.29 is 4.79 Å². The molecule has 1 aromatic rings. The van der Waals surface area contributed by atoms with E-state index in [2.05, 4.69) is 24.8 Å². The minimum absolute atomic E-state index is 0.268. The van der Waals surface area contributed by atoms with E-state index in [0.29, 0.717) is 6.42 Å². The summed E-state index contributed by atoms with van der Waals surface area (Å²) in [6.07, 6.45) is 2.83. The molecule has 2 rings (SSSR count). The molecule has 0 radical (unpaired) electrons. The van der Waals surface area contributed by atoms with Crippen molar-refractivity contribution in [2.45, 2.75) is 20.3 Å². The summed E-state index contributed by atoms with van der Waals surface area (Å²) < 4.78 is 0. The number of hydrogen-bond donors (Lipinski definition) is 0. The molecule has 0 saturated heterocycles. The Kier molecular flexibility index (Phi) is 3.09. The van der Waals surface area contributed by atoms with Gasteiger partial charge >= 0.3 is 0 Å². The van der Waals surface area contributed by atoms with Crippen molar-refractivity contribution in [1.82, 2.24) is 0 Å². The third-order valence-electron chi connectivity index (χ3n) is 2.87. The van der Waals surface area contributed by atoms with Gasteiger partial charge in [0.2, 0.25) is 0 Å². The van der Waals surface area contributed by atoms with Gasteiger partial charge in [0.1, 0.15) is 0 Å². The lowest BCUT2D eigenvalue weighted by molar-refractivity contribution is 0.0980. The van der Waals surface area contributed by atoms with Crippen LogP contribution in [0.2, 0.25) is 0 Å². The van der Waals surface area contributed by atoms with Gasteiger partial charge in [-0.2, -0.15) is 0 Å². The third-order valence-corrected chi connectivity index (χ3v) is 2.87. The minimum atomic E-state index is 0.268. The van der Waals surface area contributed by atoms with Crippen molar-refractivity contribution in [3.63, 3.8) is 0 Å². The number of hydrogen-bond acceptors (Lipinski definition) is 2. The Hall–Kier alpha value is -1.57. The summed E-state index contributed by atoms with van der Waals surface area (Å²) >= 11 is 0. The summed E-state index contributed by atoms with van der Waals surface area (Å²) in [6.45, 7) is 5.92. The van der Waals surface area contributed by atoms with Crippen LogP contribution in [0.4, 0.5) is 5.69 Å². The Labute approximate surface area is 96.6 Å². The first-order valence-electron chi connectivity index (χ1n) is 5.69. The first-order valence-corrected chi connectivity index (χ1v) is 5.69. The van der Waals surface area contributed by atoms with Crippen LogP contribution in [0, 0.1) is 0 Å². The highest BCUT2D eigenvalue weighted by Gasteiger charge is 2.21. The lowest BCUT2D eigenvalue weighted by Crippen LogP contribution is -2.32. The number of benzene rings is 1. The van der Waals surface area contributed by atoms with Gasteiger partial charge in [-0.15, -0.1) is 0 Å². The van der Waals surface area contributed by atoms with Crippen molar-refractivity contribution >= 4 is 11.5 Å². The molecule has 1 aliphatic heterocycles. The van der Waals surface area contributed by atoms with Gasteiger partial charge in [-0.05, 0) is 26.0 Å². The van der Waals surface area contributed by atoms with E-state index in [4.69, 9.17) is 0 Å². The molecule has 0 amide bonds. The van der Waals surface area contributed by atoms with E-state index >= 15 is 0 Å². The zero-order valence-electron chi connectivity index (χ0n) is 9.86. The van der Waals surface area contributed by atoms with E-state index < -0.39 is 0 Å².